The first-order valence-corrected chi connectivity index (χ1v) is 10.9. The first-order chi connectivity index (χ1) is 14.7. The van der Waals surface area contributed by atoms with Crippen LogP contribution in [0.1, 0.15) is 52.5 Å². The van der Waals surface area contributed by atoms with Crippen LogP contribution in [-0.2, 0) is 9.47 Å². The summed E-state index contributed by atoms with van der Waals surface area (Å²) < 4.78 is 11.1. The summed E-state index contributed by atoms with van der Waals surface area (Å²) in [4.78, 5) is 26.5. The normalized spacial score (nSPS) is 28.3. The number of ether oxygens (including phenoxy) is 2. The molecule has 0 aromatic heterocycles. The number of amides is 2. The Bertz CT molecular complexity index is 914. The number of anilines is 1. The van der Waals surface area contributed by atoms with Crippen LogP contribution in [-0.4, -0.2) is 63.7 Å². The number of nitrogens with one attached hydrogen (secondary N) is 1. The number of hydrazine groups is 1. The van der Waals surface area contributed by atoms with E-state index in [-0.39, 0.29) is 37.2 Å². The van der Waals surface area contributed by atoms with Crippen LogP contribution in [0.25, 0.3) is 0 Å². The van der Waals surface area contributed by atoms with Gasteiger partial charge >= 0.3 is 12.2 Å². The summed E-state index contributed by atoms with van der Waals surface area (Å²) >= 11 is 0. The fourth-order valence-corrected chi connectivity index (χ4v) is 5.06. The minimum absolute atomic E-state index is 0.0619. The highest BCUT2D eigenvalue weighted by molar-refractivity contribution is 5.80. The molecule has 0 saturated carbocycles. The topological polar surface area (TPSA) is 91.3 Å². The van der Waals surface area contributed by atoms with Gasteiger partial charge in [0.05, 0.1) is 23.8 Å². The van der Waals surface area contributed by atoms with E-state index < -0.39 is 23.8 Å². The lowest BCUT2D eigenvalue weighted by Gasteiger charge is -2.39. The van der Waals surface area contributed by atoms with Crippen LogP contribution in [0.3, 0.4) is 0 Å². The van der Waals surface area contributed by atoms with Gasteiger partial charge in [-0.05, 0) is 58.2 Å². The van der Waals surface area contributed by atoms with Crippen LogP contribution in [0.15, 0.2) is 35.9 Å². The second-order valence-electron chi connectivity index (χ2n) is 9.12. The number of carbonyl (C=O) groups excluding carboxylic acids is 2. The molecular weight excluding hydrogens is 398 g/mol. The molecule has 1 aromatic rings. The Hall–Kier alpha value is -2.74. The molecule has 4 atom stereocenters. The van der Waals surface area contributed by atoms with E-state index in [2.05, 4.69) is 17.5 Å². The third kappa shape index (κ3) is 3.33. The van der Waals surface area contributed by atoms with Crippen molar-refractivity contribution < 1.29 is 24.2 Å². The maximum absolute atomic E-state index is 13.3. The molecule has 2 aliphatic heterocycles. The van der Waals surface area contributed by atoms with E-state index >= 15 is 0 Å². The van der Waals surface area contributed by atoms with Crippen molar-refractivity contribution in [1.29, 1.82) is 0 Å². The van der Waals surface area contributed by atoms with Gasteiger partial charge in [0.1, 0.15) is 6.04 Å². The van der Waals surface area contributed by atoms with Crippen molar-refractivity contribution in [3.05, 3.63) is 41.5 Å². The van der Waals surface area contributed by atoms with Crippen LogP contribution in [0.5, 0.6) is 0 Å². The van der Waals surface area contributed by atoms with Gasteiger partial charge in [0.25, 0.3) is 0 Å². The monoisotopic (exact) mass is 429 g/mol. The van der Waals surface area contributed by atoms with E-state index in [4.69, 9.17) is 9.47 Å². The number of aliphatic hydroxyl groups excluding tert-OH is 1. The predicted molar refractivity (Wildman–Crippen MR) is 115 cm³/mol. The van der Waals surface area contributed by atoms with Crippen LogP contribution in [0.2, 0.25) is 0 Å². The standard InChI is InChI=1S/C23H31N3O5/c1-13(2)30-21(28)25-20-17(12-16-15-8-6-7-9-18(15)24-19(16)20)23(5,10-11-27)26(25)22(29)31-14(3)4/h6-9,12-14,16,19-20,24,27H,10-11H2,1-5H3/t16-,19+,20+,23+/m1/s1. The first kappa shape index (κ1) is 21.5. The van der Waals surface area contributed by atoms with Crippen LogP contribution < -0.4 is 5.32 Å². The summed E-state index contributed by atoms with van der Waals surface area (Å²) in [5.74, 6) is 0.0619. The number of aliphatic hydroxyl groups is 1. The smallest absolute Gasteiger partial charge is 0.430 e. The summed E-state index contributed by atoms with van der Waals surface area (Å²) in [6.07, 6.45) is 0.473. The van der Waals surface area contributed by atoms with Gasteiger partial charge in [-0.15, -0.1) is 0 Å². The summed E-state index contributed by atoms with van der Waals surface area (Å²) in [5.41, 5.74) is 2.19. The lowest BCUT2D eigenvalue weighted by atomic mass is 9.87. The molecule has 3 aliphatic rings. The Morgan fingerprint density at radius 1 is 1.13 bits per heavy atom. The van der Waals surface area contributed by atoms with Crippen molar-refractivity contribution in [3.8, 4) is 0 Å². The highest BCUT2D eigenvalue weighted by Crippen LogP contribution is 2.54. The van der Waals surface area contributed by atoms with Crippen molar-refractivity contribution in [2.24, 2.45) is 0 Å². The van der Waals surface area contributed by atoms with E-state index in [0.29, 0.717) is 0 Å². The van der Waals surface area contributed by atoms with E-state index in [1.54, 1.807) is 27.7 Å². The minimum atomic E-state index is -0.914. The zero-order valence-electron chi connectivity index (χ0n) is 18.7. The fraction of sp³-hybridized carbons (Fsp3) is 0.565. The van der Waals surface area contributed by atoms with Gasteiger partial charge in [0, 0.05) is 18.2 Å². The number of rotatable bonds is 4. The van der Waals surface area contributed by atoms with Crippen molar-refractivity contribution in [3.63, 3.8) is 0 Å². The van der Waals surface area contributed by atoms with Crippen LogP contribution in [0.4, 0.5) is 15.3 Å². The molecule has 1 aliphatic carbocycles. The van der Waals surface area contributed by atoms with Gasteiger partial charge in [-0.3, -0.25) is 0 Å². The molecule has 168 valence electrons. The SMILES string of the molecule is CC(C)OC(=O)N1[C@H]2C(=C[C@@H]3c4ccccc4N[C@@H]32)[C@](C)(CCO)N1C(=O)OC(C)C. The van der Waals surface area contributed by atoms with Crippen LogP contribution >= 0.6 is 0 Å². The Morgan fingerprint density at radius 3 is 2.42 bits per heavy atom. The molecule has 0 unspecified atom stereocenters. The van der Waals surface area contributed by atoms with Crippen molar-refractivity contribution in [2.45, 2.75) is 76.8 Å². The Morgan fingerprint density at radius 2 is 1.77 bits per heavy atom. The van der Waals surface area contributed by atoms with Crippen molar-refractivity contribution >= 4 is 17.9 Å². The number of hydrogen-bond donors (Lipinski definition) is 2. The minimum Gasteiger partial charge on any atom is -0.445 e. The zero-order valence-corrected chi connectivity index (χ0v) is 18.7. The molecular formula is C23H31N3O5. The summed E-state index contributed by atoms with van der Waals surface area (Å²) in [7, 11) is 0. The lowest BCUT2D eigenvalue weighted by molar-refractivity contribution is -0.0606. The molecule has 31 heavy (non-hydrogen) atoms. The van der Waals surface area contributed by atoms with Crippen LogP contribution in [0, 0.1) is 0 Å². The van der Waals surface area contributed by atoms with Gasteiger partial charge in [-0.25, -0.2) is 19.6 Å². The molecule has 1 saturated heterocycles. The van der Waals surface area contributed by atoms with Crippen molar-refractivity contribution in [1.82, 2.24) is 10.0 Å². The highest BCUT2D eigenvalue weighted by Gasteiger charge is 2.63. The maximum atomic E-state index is 13.3. The summed E-state index contributed by atoms with van der Waals surface area (Å²) in [5, 5.41) is 16.2. The maximum Gasteiger partial charge on any atom is 0.430 e. The Balaban J connectivity index is 1.82. The predicted octanol–water partition coefficient (Wildman–Crippen LogP) is 3.64. The van der Waals surface area contributed by atoms with E-state index in [1.165, 1.54) is 10.0 Å². The highest BCUT2D eigenvalue weighted by atomic mass is 16.6. The van der Waals surface area contributed by atoms with Gasteiger partial charge in [0.15, 0.2) is 0 Å². The largest absolute Gasteiger partial charge is 0.445 e. The molecule has 8 nitrogen and oxygen atoms in total. The average molecular weight is 430 g/mol. The van der Waals surface area contributed by atoms with Gasteiger partial charge in [-0.1, -0.05) is 24.3 Å². The molecule has 2 amide bonds. The molecule has 1 fully saturated rings. The Kier molecular flexibility index (Phi) is 5.37. The average Bonchev–Trinajstić information content (AvgIpc) is 3.28. The molecule has 2 N–H and O–H groups in total. The number of fused-ring (bicyclic) bond motifs is 5. The van der Waals surface area contributed by atoms with Gasteiger partial charge in [-0.2, -0.15) is 0 Å². The van der Waals surface area contributed by atoms with E-state index in [0.717, 1.165) is 16.8 Å². The number of hydrogen-bond acceptors (Lipinski definition) is 6. The molecule has 2 heterocycles. The fourth-order valence-electron chi connectivity index (χ4n) is 5.06. The lowest BCUT2D eigenvalue weighted by Crippen LogP contribution is -2.58. The van der Waals surface area contributed by atoms with Crippen molar-refractivity contribution in [2.75, 3.05) is 11.9 Å². The molecule has 0 radical (unpaired) electrons. The third-order valence-corrected chi connectivity index (χ3v) is 6.25. The quantitative estimate of drug-likeness (QED) is 0.710. The number of nitrogens with zero attached hydrogens (tertiary/aromatic N) is 2. The molecule has 0 bridgehead atoms. The molecule has 1 aromatic carbocycles. The summed E-state index contributed by atoms with van der Waals surface area (Å²) in [6, 6.07) is 7.50. The summed E-state index contributed by atoms with van der Waals surface area (Å²) in [6.45, 7) is 8.81. The third-order valence-electron chi connectivity index (χ3n) is 6.25. The molecule has 4 rings (SSSR count). The van der Waals surface area contributed by atoms with Gasteiger partial charge < -0.3 is 19.9 Å². The number of benzene rings is 1. The zero-order chi connectivity index (χ0) is 22.5. The first-order valence-electron chi connectivity index (χ1n) is 10.9. The van der Waals surface area contributed by atoms with E-state index in [9.17, 15) is 14.7 Å². The second kappa shape index (κ2) is 7.75. The molecule has 0 spiro atoms. The Labute approximate surface area is 182 Å². The van der Waals surface area contributed by atoms with E-state index in [1.807, 2.05) is 25.1 Å². The second-order valence-corrected chi connectivity index (χ2v) is 9.12. The number of carbonyl (C=O) groups is 2. The number of para-hydroxylation sites is 1. The molecule has 8 heteroatoms. The van der Waals surface area contributed by atoms with Gasteiger partial charge in [0.2, 0.25) is 0 Å².